The first-order valence-electron chi connectivity index (χ1n) is 6.86. The molecule has 21 heavy (non-hydrogen) atoms. The molecule has 1 heterocycles. The zero-order valence-electron chi connectivity index (χ0n) is 12.1. The van der Waals surface area contributed by atoms with Gasteiger partial charge in [0.2, 0.25) is 15.9 Å². The van der Waals surface area contributed by atoms with Crippen molar-refractivity contribution in [1.82, 2.24) is 9.62 Å². The van der Waals surface area contributed by atoms with Crippen molar-refractivity contribution in [3.8, 4) is 0 Å². The highest BCUT2D eigenvalue weighted by molar-refractivity contribution is 7.89. The van der Waals surface area contributed by atoms with Crippen molar-refractivity contribution >= 4 is 15.9 Å². The second kappa shape index (κ2) is 6.11. The van der Waals surface area contributed by atoms with E-state index in [1.54, 1.807) is 24.8 Å². The molecule has 0 aromatic heterocycles. The van der Waals surface area contributed by atoms with E-state index in [2.05, 4.69) is 4.72 Å². The molecular weight excluding hydrogens is 295 g/mol. The van der Waals surface area contributed by atoms with Crippen LogP contribution in [0.1, 0.15) is 25.3 Å². The average Bonchev–Trinajstić information content (AvgIpc) is 2.73. The topological polar surface area (TPSA) is 66.5 Å². The molecule has 5 nitrogen and oxygen atoms in total. The number of likely N-dealkylation sites (tertiary alicyclic amines) is 1. The number of halogens is 1. The smallest absolute Gasteiger partial charge is 0.243 e. The van der Waals surface area contributed by atoms with Crippen molar-refractivity contribution in [1.29, 1.82) is 0 Å². The molecule has 1 fully saturated rings. The average molecular weight is 314 g/mol. The number of benzene rings is 1. The van der Waals surface area contributed by atoms with Crippen LogP contribution in [0, 0.1) is 12.7 Å². The van der Waals surface area contributed by atoms with Gasteiger partial charge in [0.05, 0.1) is 0 Å². The number of amides is 1. The summed E-state index contributed by atoms with van der Waals surface area (Å²) in [5, 5.41) is 0. The van der Waals surface area contributed by atoms with Crippen LogP contribution in [0.3, 0.4) is 0 Å². The lowest BCUT2D eigenvalue weighted by Gasteiger charge is -2.21. The van der Waals surface area contributed by atoms with Crippen LogP contribution >= 0.6 is 0 Å². The van der Waals surface area contributed by atoms with Crippen LogP contribution in [0.25, 0.3) is 0 Å². The standard InChI is InChI=1S/C14H19FN2O3S/c1-10-5-6-13(12(15)8-10)21(19,20)16-11(2)9-17-7-3-4-14(17)18/h5-6,8,11,16H,3-4,7,9H2,1-2H3. The molecule has 1 aromatic rings. The first-order valence-corrected chi connectivity index (χ1v) is 8.34. The molecule has 7 heteroatoms. The number of sulfonamides is 1. The Balaban J connectivity index is 2.08. The van der Waals surface area contributed by atoms with Gasteiger partial charge in [0.1, 0.15) is 10.7 Å². The van der Waals surface area contributed by atoms with Crippen LogP contribution in [0.5, 0.6) is 0 Å². The van der Waals surface area contributed by atoms with Gasteiger partial charge in [-0.05, 0) is 38.0 Å². The number of hydrogen-bond acceptors (Lipinski definition) is 3. The second-order valence-corrected chi connectivity index (χ2v) is 7.08. The van der Waals surface area contributed by atoms with E-state index in [0.29, 0.717) is 25.1 Å². The summed E-state index contributed by atoms with van der Waals surface area (Å²) in [7, 11) is -3.93. The third kappa shape index (κ3) is 3.79. The van der Waals surface area contributed by atoms with Gasteiger partial charge in [-0.15, -0.1) is 0 Å². The van der Waals surface area contributed by atoms with E-state index in [1.165, 1.54) is 12.1 Å². The van der Waals surface area contributed by atoms with Crippen LogP contribution < -0.4 is 4.72 Å². The molecule has 1 amide bonds. The third-order valence-corrected chi connectivity index (χ3v) is 5.02. The van der Waals surface area contributed by atoms with Crippen LogP contribution in [-0.2, 0) is 14.8 Å². The van der Waals surface area contributed by atoms with Crippen LogP contribution in [0.2, 0.25) is 0 Å². The van der Waals surface area contributed by atoms with E-state index in [1.807, 2.05) is 0 Å². The lowest BCUT2D eigenvalue weighted by Crippen LogP contribution is -2.42. The van der Waals surface area contributed by atoms with Crippen molar-refractivity contribution in [2.24, 2.45) is 0 Å². The maximum atomic E-state index is 13.8. The van der Waals surface area contributed by atoms with E-state index in [4.69, 9.17) is 0 Å². The van der Waals surface area contributed by atoms with Gasteiger partial charge in [-0.2, -0.15) is 0 Å². The molecule has 0 aliphatic carbocycles. The second-order valence-electron chi connectivity index (χ2n) is 5.40. The maximum Gasteiger partial charge on any atom is 0.243 e. The molecular formula is C14H19FN2O3S. The summed E-state index contributed by atoms with van der Waals surface area (Å²) in [6.45, 7) is 4.29. The number of rotatable bonds is 5. The van der Waals surface area contributed by atoms with Gasteiger partial charge in [-0.3, -0.25) is 4.79 Å². The Morgan fingerprint density at radius 3 is 2.71 bits per heavy atom. The highest BCUT2D eigenvalue weighted by Crippen LogP contribution is 2.16. The van der Waals surface area contributed by atoms with E-state index in [9.17, 15) is 17.6 Å². The Labute approximate surface area is 124 Å². The van der Waals surface area contributed by atoms with Crippen LogP contribution in [0.15, 0.2) is 23.1 Å². The minimum Gasteiger partial charge on any atom is -0.341 e. The summed E-state index contributed by atoms with van der Waals surface area (Å²) in [6, 6.07) is 3.51. The molecule has 1 atom stereocenters. The van der Waals surface area contributed by atoms with Crippen molar-refractivity contribution < 1.29 is 17.6 Å². The quantitative estimate of drug-likeness (QED) is 0.894. The largest absolute Gasteiger partial charge is 0.341 e. The highest BCUT2D eigenvalue weighted by atomic mass is 32.2. The minimum absolute atomic E-state index is 0.0302. The number of aryl methyl sites for hydroxylation is 1. The summed E-state index contributed by atoms with van der Waals surface area (Å²) in [5.41, 5.74) is 0.655. The van der Waals surface area contributed by atoms with Crippen molar-refractivity contribution in [2.45, 2.75) is 37.6 Å². The van der Waals surface area contributed by atoms with Gasteiger partial charge in [-0.25, -0.2) is 17.5 Å². The van der Waals surface area contributed by atoms with E-state index in [0.717, 1.165) is 6.42 Å². The molecule has 0 bridgehead atoms. The molecule has 1 aliphatic heterocycles. The van der Waals surface area contributed by atoms with Gasteiger partial charge in [0.25, 0.3) is 0 Å². The molecule has 2 rings (SSSR count). The summed E-state index contributed by atoms with van der Waals surface area (Å²) in [4.78, 5) is 12.8. The maximum absolute atomic E-state index is 13.8. The summed E-state index contributed by atoms with van der Waals surface area (Å²) < 4.78 is 40.5. The first kappa shape index (κ1) is 15.9. The Hall–Kier alpha value is -1.47. The number of carbonyl (C=O) groups excluding carboxylic acids is 1. The van der Waals surface area contributed by atoms with Gasteiger partial charge in [0.15, 0.2) is 0 Å². The van der Waals surface area contributed by atoms with Crippen LogP contribution in [0.4, 0.5) is 4.39 Å². The predicted octanol–water partition coefficient (Wildman–Crippen LogP) is 1.42. The number of carbonyl (C=O) groups is 1. The normalized spacial score (nSPS) is 17.3. The predicted molar refractivity (Wildman–Crippen MR) is 76.7 cm³/mol. The molecule has 116 valence electrons. The Morgan fingerprint density at radius 1 is 1.43 bits per heavy atom. The minimum atomic E-state index is -3.93. The highest BCUT2D eigenvalue weighted by Gasteiger charge is 2.25. The molecule has 1 aliphatic rings. The van der Waals surface area contributed by atoms with Gasteiger partial charge in [0, 0.05) is 25.6 Å². The lowest BCUT2D eigenvalue weighted by atomic mass is 10.2. The summed E-state index contributed by atoms with van der Waals surface area (Å²) in [5.74, 6) is -0.741. The van der Waals surface area contributed by atoms with Gasteiger partial charge >= 0.3 is 0 Å². The van der Waals surface area contributed by atoms with E-state index >= 15 is 0 Å². The molecule has 1 saturated heterocycles. The number of hydrogen-bond donors (Lipinski definition) is 1. The van der Waals surface area contributed by atoms with E-state index in [-0.39, 0.29) is 10.8 Å². The monoisotopic (exact) mass is 314 g/mol. The first-order chi connectivity index (χ1) is 9.79. The van der Waals surface area contributed by atoms with E-state index < -0.39 is 21.9 Å². The molecule has 1 unspecified atom stereocenters. The van der Waals surface area contributed by atoms with Crippen molar-refractivity contribution in [3.63, 3.8) is 0 Å². The van der Waals surface area contributed by atoms with Gasteiger partial charge in [-0.1, -0.05) is 6.07 Å². The summed E-state index contributed by atoms with van der Waals surface area (Å²) >= 11 is 0. The SMILES string of the molecule is Cc1ccc(S(=O)(=O)NC(C)CN2CCCC2=O)c(F)c1. The zero-order chi connectivity index (χ0) is 15.6. The van der Waals surface area contributed by atoms with Crippen molar-refractivity contribution in [3.05, 3.63) is 29.6 Å². The van der Waals surface area contributed by atoms with Crippen LogP contribution in [-0.4, -0.2) is 38.4 Å². The van der Waals surface area contributed by atoms with Gasteiger partial charge < -0.3 is 4.90 Å². The fourth-order valence-electron chi connectivity index (χ4n) is 2.42. The number of nitrogens with zero attached hydrogens (tertiary/aromatic N) is 1. The van der Waals surface area contributed by atoms with Crippen molar-refractivity contribution in [2.75, 3.05) is 13.1 Å². The molecule has 1 N–H and O–H groups in total. The molecule has 1 aromatic carbocycles. The summed E-state index contributed by atoms with van der Waals surface area (Å²) in [6.07, 6.45) is 1.30. The Morgan fingerprint density at radius 2 is 2.14 bits per heavy atom. The third-order valence-electron chi connectivity index (χ3n) is 3.40. The number of nitrogens with one attached hydrogen (secondary N) is 1. The Kier molecular flexibility index (Phi) is 4.63. The molecule has 0 saturated carbocycles. The zero-order valence-corrected chi connectivity index (χ0v) is 12.9. The molecule has 0 radical (unpaired) electrons. The fourth-order valence-corrected chi connectivity index (χ4v) is 3.71. The fraction of sp³-hybridized carbons (Fsp3) is 0.500. The Bertz CT molecular complexity index is 646. The lowest BCUT2D eigenvalue weighted by molar-refractivity contribution is -0.127. The molecule has 0 spiro atoms.